The first-order valence-corrected chi connectivity index (χ1v) is 13.1. The third kappa shape index (κ3) is 4.32. The number of rotatable bonds is 3. The quantitative estimate of drug-likeness (QED) is 0.318. The largest absolute Gasteiger partial charge is 0.357 e. The number of para-hydroxylation sites is 2. The van der Waals surface area contributed by atoms with Crippen LogP contribution in [0, 0.1) is 13.8 Å². The molecular formula is C34H30N2O2. The third-order valence-electron chi connectivity index (χ3n) is 7.67. The number of nitrogens with one attached hydrogen (secondary N) is 1. The van der Waals surface area contributed by atoms with E-state index in [1.807, 2.05) is 90.7 Å². The van der Waals surface area contributed by atoms with Gasteiger partial charge in [-0.2, -0.15) is 0 Å². The number of fused-ring (bicyclic) bond motifs is 1. The van der Waals surface area contributed by atoms with E-state index in [0.29, 0.717) is 24.0 Å². The Labute approximate surface area is 223 Å². The molecule has 4 nitrogen and oxygen atoms in total. The normalized spacial score (nSPS) is 18.8. The van der Waals surface area contributed by atoms with E-state index in [2.05, 4.69) is 36.5 Å². The van der Waals surface area contributed by atoms with Crippen LogP contribution in [0.2, 0.25) is 0 Å². The monoisotopic (exact) mass is 498 g/mol. The molecule has 0 aromatic heterocycles. The van der Waals surface area contributed by atoms with Gasteiger partial charge in [0.1, 0.15) is 0 Å². The van der Waals surface area contributed by atoms with Gasteiger partial charge >= 0.3 is 0 Å². The predicted octanol–water partition coefficient (Wildman–Crippen LogP) is 7.52. The summed E-state index contributed by atoms with van der Waals surface area (Å²) in [4.78, 5) is 30.1. The SMILES string of the molecule is Cc1ccc([C@@H]2CC(=O)C3=C(C2)Nc2ccccc2N(C(=O)c2ccccc2)[C@@H]3c2ccc(C)cc2)cc1. The molecule has 2 aliphatic rings. The topological polar surface area (TPSA) is 49.4 Å². The number of nitrogens with zero attached hydrogens (tertiary/aromatic N) is 1. The van der Waals surface area contributed by atoms with E-state index in [0.717, 1.165) is 28.2 Å². The number of hydrogen-bond donors (Lipinski definition) is 1. The second-order valence-electron chi connectivity index (χ2n) is 10.3. The van der Waals surface area contributed by atoms with Gasteiger partial charge in [-0.15, -0.1) is 0 Å². The van der Waals surface area contributed by atoms with Crippen LogP contribution in [-0.4, -0.2) is 11.7 Å². The highest BCUT2D eigenvalue weighted by Crippen LogP contribution is 2.47. The van der Waals surface area contributed by atoms with Crippen molar-refractivity contribution in [3.8, 4) is 0 Å². The number of carbonyl (C=O) groups excluding carboxylic acids is 2. The first kappa shape index (κ1) is 23.9. The zero-order chi connectivity index (χ0) is 26.2. The molecule has 188 valence electrons. The molecule has 1 aliphatic carbocycles. The Bertz CT molecular complexity index is 1540. The van der Waals surface area contributed by atoms with Gasteiger partial charge in [-0.05, 0) is 61.6 Å². The molecule has 0 bridgehead atoms. The van der Waals surface area contributed by atoms with Crippen LogP contribution in [0.15, 0.2) is 114 Å². The summed E-state index contributed by atoms with van der Waals surface area (Å²) in [6.45, 7) is 4.12. The molecule has 1 aliphatic heterocycles. The molecule has 2 atom stereocenters. The second kappa shape index (κ2) is 9.79. The fourth-order valence-corrected chi connectivity index (χ4v) is 5.67. The van der Waals surface area contributed by atoms with Crippen molar-refractivity contribution in [3.05, 3.63) is 142 Å². The Morgan fingerprint density at radius 3 is 2.03 bits per heavy atom. The Kier molecular flexibility index (Phi) is 6.16. The molecular weight excluding hydrogens is 468 g/mol. The maximum Gasteiger partial charge on any atom is 0.259 e. The number of benzene rings is 4. The number of aryl methyl sites for hydroxylation is 2. The Morgan fingerprint density at radius 2 is 1.34 bits per heavy atom. The molecule has 4 heteroatoms. The molecule has 4 aromatic carbocycles. The summed E-state index contributed by atoms with van der Waals surface area (Å²) in [5, 5.41) is 3.62. The fraction of sp³-hybridized carbons (Fsp3) is 0.176. The van der Waals surface area contributed by atoms with E-state index in [1.54, 1.807) is 0 Å². The summed E-state index contributed by atoms with van der Waals surface area (Å²) in [6, 6.07) is 33.3. The van der Waals surface area contributed by atoms with E-state index in [1.165, 1.54) is 11.1 Å². The zero-order valence-electron chi connectivity index (χ0n) is 21.6. The van der Waals surface area contributed by atoms with Gasteiger partial charge in [-0.3, -0.25) is 14.5 Å². The van der Waals surface area contributed by atoms with E-state index in [-0.39, 0.29) is 17.6 Å². The van der Waals surface area contributed by atoms with Crippen molar-refractivity contribution in [2.24, 2.45) is 0 Å². The van der Waals surface area contributed by atoms with Crippen LogP contribution >= 0.6 is 0 Å². The summed E-state index contributed by atoms with van der Waals surface area (Å²) >= 11 is 0. The number of Topliss-reactive ketones (excluding diaryl/α,β-unsaturated/α-hetero) is 1. The lowest BCUT2D eigenvalue weighted by Crippen LogP contribution is -2.38. The van der Waals surface area contributed by atoms with Gasteiger partial charge < -0.3 is 5.32 Å². The van der Waals surface area contributed by atoms with Crippen LogP contribution in [0.4, 0.5) is 11.4 Å². The molecule has 1 heterocycles. The highest BCUT2D eigenvalue weighted by Gasteiger charge is 2.41. The average molecular weight is 499 g/mol. The highest BCUT2D eigenvalue weighted by molar-refractivity contribution is 6.12. The average Bonchev–Trinajstić information content (AvgIpc) is 3.08. The van der Waals surface area contributed by atoms with Crippen molar-refractivity contribution in [3.63, 3.8) is 0 Å². The molecule has 0 saturated carbocycles. The Morgan fingerprint density at radius 1 is 0.737 bits per heavy atom. The molecule has 38 heavy (non-hydrogen) atoms. The van der Waals surface area contributed by atoms with E-state index in [4.69, 9.17) is 0 Å². The first-order valence-electron chi connectivity index (χ1n) is 13.1. The van der Waals surface area contributed by atoms with Crippen LogP contribution in [0.1, 0.15) is 57.4 Å². The summed E-state index contributed by atoms with van der Waals surface area (Å²) in [6.07, 6.45) is 1.11. The molecule has 0 spiro atoms. The standard InChI is InChI=1S/C34H30N2O2/c1-22-12-16-24(17-13-22)27-20-29-32(31(37)21-27)33(25-18-14-23(2)15-19-25)36(30-11-7-6-10-28(30)35-29)34(38)26-8-4-3-5-9-26/h3-19,27,33,35H,20-21H2,1-2H3/t27-,33+/m0/s1. The van der Waals surface area contributed by atoms with E-state index >= 15 is 0 Å². The van der Waals surface area contributed by atoms with Crippen LogP contribution in [0.3, 0.4) is 0 Å². The third-order valence-corrected chi connectivity index (χ3v) is 7.67. The minimum Gasteiger partial charge on any atom is -0.357 e. The van der Waals surface area contributed by atoms with Crippen LogP contribution in [0.5, 0.6) is 0 Å². The molecule has 6 rings (SSSR count). The second-order valence-corrected chi connectivity index (χ2v) is 10.3. The summed E-state index contributed by atoms with van der Waals surface area (Å²) in [7, 11) is 0. The fourth-order valence-electron chi connectivity index (χ4n) is 5.67. The smallest absolute Gasteiger partial charge is 0.259 e. The van der Waals surface area contributed by atoms with Crippen molar-refractivity contribution in [2.75, 3.05) is 10.2 Å². The number of anilines is 2. The number of ketones is 1. The highest BCUT2D eigenvalue weighted by atomic mass is 16.2. The molecule has 0 radical (unpaired) electrons. The van der Waals surface area contributed by atoms with Gasteiger partial charge in [-0.25, -0.2) is 0 Å². The van der Waals surface area contributed by atoms with Gasteiger partial charge in [0.25, 0.3) is 5.91 Å². The lowest BCUT2D eigenvalue weighted by molar-refractivity contribution is -0.116. The number of carbonyl (C=O) groups is 2. The number of allylic oxidation sites excluding steroid dienone is 1. The van der Waals surface area contributed by atoms with Crippen LogP contribution in [-0.2, 0) is 4.79 Å². The first-order chi connectivity index (χ1) is 18.5. The summed E-state index contributed by atoms with van der Waals surface area (Å²) in [5.41, 5.74) is 8.18. The van der Waals surface area contributed by atoms with Gasteiger partial charge in [-0.1, -0.05) is 90.0 Å². The van der Waals surface area contributed by atoms with Crippen LogP contribution < -0.4 is 10.2 Å². The van der Waals surface area contributed by atoms with Crippen molar-refractivity contribution >= 4 is 23.1 Å². The van der Waals surface area contributed by atoms with Gasteiger partial charge in [0.05, 0.1) is 17.4 Å². The number of hydrogen-bond acceptors (Lipinski definition) is 3. The molecule has 0 unspecified atom stereocenters. The minimum absolute atomic E-state index is 0.0774. The maximum absolute atomic E-state index is 14.2. The molecule has 4 aromatic rings. The molecule has 1 amide bonds. The van der Waals surface area contributed by atoms with Crippen molar-refractivity contribution < 1.29 is 9.59 Å². The zero-order valence-corrected chi connectivity index (χ0v) is 21.6. The van der Waals surface area contributed by atoms with E-state index < -0.39 is 6.04 Å². The summed E-state index contributed by atoms with van der Waals surface area (Å²) in [5.74, 6) is 0.0257. The van der Waals surface area contributed by atoms with Crippen molar-refractivity contribution in [2.45, 2.75) is 38.6 Å². The minimum atomic E-state index is -0.541. The van der Waals surface area contributed by atoms with Crippen molar-refractivity contribution in [1.82, 2.24) is 0 Å². The van der Waals surface area contributed by atoms with Gasteiger partial charge in [0, 0.05) is 23.3 Å². The van der Waals surface area contributed by atoms with Crippen LogP contribution in [0.25, 0.3) is 0 Å². The molecule has 0 saturated heterocycles. The predicted molar refractivity (Wildman–Crippen MR) is 152 cm³/mol. The lowest BCUT2D eigenvalue weighted by Gasteiger charge is -2.35. The van der Waals surface area contributed by atoms with E-state index in [9.17, 15) is 9.59 Å². The van der Waals surface area contributed by atoms with Crippen molar-refractivity contribution in [1.29, 1.82) is 0 Å². The molecule has 0 fully saturated rings. The maximum atomic E-state index is 14.2. The van der Waals surface area contributed by atoms with Gasteiger partial charge in [0.15, 0.2) is 5.78 Å². The lowest BCUT2D eigenvalue weighted by atomic mass is 9.78. The summed E-state index contributed by atoms with van der Waals surface area (Å²) < 4.78 is 0. The molecule has 1 N–H and O–H groups in total. The Hall–Kier alpha value is -4.44. The van der Waals surface area contributed by atoms with Gasteiger partial charge in [0.2, 0.25) is 0 Å². The number of amides is 1. The Balaban J connectivity index is 1.55.